The maximum atomic E-state index is 10.5. The molecule has 0 saturated carbocycles. The third-order valence-corrected chi connectivity index (χ3v) is 2.19. The van der Waals surface area contributed by atoms with Crippen molar-refractivity contribution in [3.05, 3.63) is 42.1 Å². The van der Waals surface area contributed by atoms with E-state index in [0.29, 0.717) is 17.7 Å². The molecule has 1 aromatic carbocycles. The molecule has 0 aliphatic heterocycles. The summed E-state index contributed by atoms with van der Waals surface area (Å²) in [6.45, 7) is 0. The fourth-order valence-electron chi connectivity index (χ4n) is 1.41. The second kappa shape index (κ2) is 4.53. The Morgan fingerprint density at radius 3 is 2.56 bits per heavy atom. The van der Waals surface area contributed by atoms with Gasteiger partial charge in [-0.2, -0.15) is 0 Å². The van der Waals surface area contributed by atoms with Gasteiger partial charge < -0.3 is 4.74 Å². The zero-order valence-corrected chi connectivity index (χ0v) is 8.75. The van der Waals surface area contributed by atoms with Gasteiger partial charge in [0.15, 0.2) is 6.29 Å². The fourth-order valence-corrected chi connectivity index (χ4v) is 1.41. The number of hydrogen-bond acceptors (Lipinski definition) is 4. The third kappa shape index (κ3) is 1.91. The maximum absolute atomic E-state index is 10.5. The lowest BCUT2D eigenvalue weighted by Gasteiger charge is -2.06. The quantitative estimate of drug-likeness (QED) is 0.733. The van der Waals surface area contributed by atoms with Gasteiger partial charge in [-0.25, -0.2) is 0 Å². The van der Waals surface area contributed by atoms with Gasteiger partial charge in [0.2, 0.25) is 0 Å². The number of aldehydes is 1. The topological polar surface area (TPSA) is 52.1 Å². The van der Waals surface area contributed by atoms with Crippen LogP contribution < -0.4 is 4.74 Å². The highest BCUT2D eigenvalue weighted by atomic mass is 16.5. The van der Waals surface area contributed by atoms with E-state index >= 15 is 0 Å². The molecule has 0 aliphatic rings. The second-order valence-corrected chi connectivity index (χ2v) is 3.16. The molecular formula is C12H10N2O2. The van der Waals surface area contributed by atoms with Crippen LogP contribution in [-0.2, 0) is 0 Å². The average Bonchev–Trinajstić information content (AvgIpc) is 2.39. The first-order valence-corrected chi connectivity index (χ1v) is 4.77. The van der Waals surface area contributed by atoms with Crippen molar-refractivity contribution >= 4 is 6.29 Å². The molecule has 16 heavy (non-hydrogen) atoms. The molecule has 0 bridgehead atoms. The lowest BCUT2D eigenvalue weighted by Crippen LogP contribution is -1.94. The molecule has 0 N–H and O–H groups in total. The molecule has 2 rings (SSSR count). The van der Waals surface area contributed by atoms with Crippen LogP contribution in [-0.4, -0.2) is 23.6 Å². The van der Waals surface area contributed by atoms with Gasteiger partial charge in [-0.15, -0.1) is 10.2 Å². The highest BCUT2D eigenvalue weighted by Crippen LogP contribution is 2.27. The number of nitrogens with zero attached hydrogens (tertiary/aromatic N) is 2. The Hall–Kier alpha value is -2.23. The maximum Gasteiger partial charge on any atom is 0.170 e. The Balaban J connectivity index is 2.45. The minimum Gasteiger partial charge on any atom is -0.496 e. The summed E-state index contributed by atoms with van der Waals surface area (Å²) < 4.78 is 5.22. The van der Waals surface area contributed by atoms with Crippen molar-refractivity contribution in [1.29, 1.82) is 0 Å². The highest BCUT2D eigenvalue weighted by molar-refractivity contribution is 5.73. The monoisotopic (exact) mass is 214 g/mol. The van der Waals surface area contributed by atoms with Crippen molar-refractivity contribution in [2.45, 2.75) is 0 Å². The molecule has 0 fully saturated rings. The lowest BCUT2D eigenvalue weighted by molar-refractivity contribution is 0.111. The van der Waals surface area contributed by atoms with Crippen LogP contribution in [0.25, 0.3) is 11.3 Å². The van der Waals surface area contributed by atoms with E-state index in [1.807, 2.05) is 24.3 Å². The minimum atomic E-state index is 0.318. The predicted molar refractivity (Wildman–Crippen MR) is 59.4 cm³/mol. The molecule has 80 valence electrons. The Morgan fingerprint density at radius 1 is 1.12 bits per heavy atom. The summed E-state index contributed by atoms with van der Waals surface area (Å²) in [5.41, 5.74) is 1.86. The van der Waals surface area contributed by atoms with Gasteiger partial charge in [0.05, 0.1) is 12.8 Å². The van der Waals surface area contributed by atoms with Gasteiger partial charge in [0.1, 0.15) is 11.4 Å². The highest BCUT2D eigenvalue weighted by Gasteiger charge is 2.06. The molecule has 4 nitrogen and oxygen atoms in total. The van der Waals surface area contributed by atoms with E-state index in [1.54, 1.807) is 19.2 Å². The lowest BCUT2D eigenvalue weighted by atomic mass is 10.1. The number of carbonyl (C=O) groups is 1. The summed E-state index contributed by atoms with van der Waals surface area (Å²) in [7, 11) is 1.60. The van der Waals surface area contributed by atoms with Crippen molar-refractivity contribution in [2.24, 2.45) is 0 Å². The molecule has 4 heteroatoms. The van der Waals surface area contributed by atoms with Crippen LogP contribution >= 0.6 is 0 Å². The van der Waals surface area contributed by atoms with Crippen LogP contribution in [0, 0.1) is 0 Å². The summed E-state index contributed by atoms with van der Waals surface area (Å²) in [6, 6.07) is 10.9. The number of methoxy groups -OCH3 is 1. The number of ether oxygens (including phenoxy) is 1. The largest absolute Gasteiger partial charge is 0.496 e. The Morgan fingerprint density at radius 2 is 1.94 bits per heavy atom. The Bertz CT molecular complexity index is 495. The number of para-hydroxylation sites is 1. The molecule has 0 amide bonds. The van der Waals surface area contributed by atoms with Gasteiger partial charge in [-0.3, -0.25) is 4.79 Å². The van der Waals surface area contributed by atoms with Gasteiger partial charge in [-0.05, 0) is 24.3 Å². The van der Waals surface area contributed by atoms with Crippen LogP contribution in [0.5, 0.6) is 5.75 Å². The van der Waals surface area contributed by atoms with Crippen molar-refractivity contribution < 1.29 is 9.53 Å². The number of carbonyl (C=O) groups excluding carboxylic acids is 1. The van der Waals surface area contributed by atoms with E-state index in [0.717, 1.165) is 11.3 Å². The normalized spacial score (nSPS) is 9.81. The molecule has 0 aliphatic carbocycles. The van der Waals surface area contributed by atoms with Gasteiger partial charge in [0, 0.05) is 5.56 Å². The Labute approximate surface area is 92.9 Å². The van der Waals surface area contributed by atoms with Crippen molar-refractivity contribution in [2.75, 3.05) is 7.11 Å². The van der Waals surface area contributed by atoms with E-state index in [9.17, 15) is 4.79 Å². The Kier molecular flexibility index (Phi) is 2.91. The number of hydrogen-bond donors (Lipinski definition) is 0. The van der Waals surface area contributed by atoms with E-state index in [2.05, 4.69) is 10.2 Å². The summed E-state index contributed by atoms with van der Waals surface area (Å²) >= 11 is 0. The van der Waals surface area contributed by atoms with Crippen molar-refractivity contribution in [3.63, 3.8) is 0 Å². The number of aromatic nitrogens is 2. The first-order chi connectivity index (χ1) is 7.85. The first kappa shape index (κ1) is 10.3. The molecule has 0 radical (unpaired) electrons. The smallest absolute Gasteiger partial charge is 0.170 e. The molecule has 0 atom stereocenters. The van der Waals surface area contributed by atoms with Crippen LogP contribution in [0.15, 0.2) is 36.4 Å². The summed E-state index contributed by atoms with van der Waals surface area (Å²) in [6.07, 6.45) is 0.666. The first-order valence-electron chi connectivity index (χ1n) is 4.77. The molecule has 0 unspecified atom stereocenters. The van der Waals surface area contributed by atoms with Crippen LogP contribution in [0.1, 0.15) is 10.5 Å². The van der Waals surface area contributed by atoms with E-state index in [1.165, 1.54) is 0 Å². The summed E-state index contributed by atoms with van der Waals surface area (Å²) in [5.74, 6) is 0.732. The summed E-state index contributed by atoms with van der Waals surface area (Å²) in [5, 5.41) is 7.74. The SMILES string of the molecule is COc1ccccc1-c1ccc(C=O)nn1. The van der Waals surface area contributed by atoms with Gasteiger partial charge >= 0.3 is 0 Å². The van der Waals surface area contributed by atoms with Crippen molar-refractivity contribution in [3.8, 4) is 17.0 Å². The molecular weight excluding hydrogens is 204 g/mol. The predicted octanol–water partition coefficient (Wildman–Crippen LogP) is 1.96. The van der Waals surface area contributed by atoms with Crippen LogP contribution in [0.2, 0.25) is 0 Å². The molecule has 0 spiro atoms. The third-order valence-electron chi connectivity index (χ3n) is 2.19. The minimum absolute atomic E-state index is 0.318. The average molecular weight is 214 g/mol. The zero-order chi connectivity index (χ0) is 11.4. The number of rotatable bonds is 3. The number of benzene rings is 1. The second-order valence-electron chi connectivity index (χ2n) is 3.16. The fraction of sp³-hybridized carbons (Fsp3) is 0.0833. The van der Waals surface area contributed by atoms with E-state index < -0.39 is 0 Å². The zero-order valence-electron chi connectivity index (χ0n) is 8.75. The molecule has 1 heterocycles. The van der Waals surface area contributed by atoms with Crippen LogP contribution in [0.3, 0.4) is 0 Å². The van der Waals surface area contributed by atoms with Crippen LogP contribution in [0.4, 0.5) is 0 Å². The summed E-state index contributed by atoms with van der Waals surface area (Å²) in [4.78, 5) is 10.5. The molecule has 1 aromatic heterocycles. The van der Waals surface area contributed by atoms with E-state index in [-0.39, 0.29) is 0 Å². The van der Waals surface area contributed by atoms with Gasteiger partial charge in [0.25, 0.3) is 0 Å². The van der Waals surface area contributed by atoms with Crippen molar-refractivity contribution in [1.82, 2.24) is 10.2 Å². The molecule has 2 aromatic rings. The standard InChI is InChI=1S/C12H10N2O2/c1-16-12-5-3-2-4-10(12)11-7-6-9(8-15)13-14-11/h2-8H,1H3. The molecule has 0 saturated heterocycles. The van der Waals surface area contributed by atoms with E-state index in [4.69, 9.17) is 4.74 Å². The van der Waals surface area contributed by atoms with Gasteiger partial charge in [-0.1, -0.05) is 12.1 Å².